The first-order valence-electron chi connectivity index (χ1n) is 49.0. The van der Waals surface area contributed by atoms with Crippen molar-refractivity contribution < 1.29 is 42.0 Å². The fraction of sp³-hybridized carbons (Fsp3) is 0.308. The Balaban J connectivity index is 0.000000118. The molecule has 46 heteroatoms. The highest BCUT2D eigenvalue weighted by Crippen LogP contribution is 2.43. The van der Waals surface area contributed by atoms with Crippen molar-refractivity contribution >= 4 is 178 Å². The van der Waals surface area contributed by atoms with Gasteiger partial charge in [0.05, 0.1) is 33.4 Å². The third kappa shape index (κ3) is 24.5. The second kappa shape index (κ2) is 45.4. The summed E-state index contributed by atoms with van der Waals surface area (Å²) < 4.78 is 23.2. The molecule has 0 unspecified atom stereocenters. The molecule has 8 aliphatic rings. The highest BCUT2D eigenvalue weighted by Gasteiger charge is 2.35. The molecule has 15 aromatic rings. The molecule has 0 spiro atoms. The third-order valence-electron chi connectivity index (χ3n) is 25.2. The van der Waals surface area contributed by atoms with Crippen molar-refractivity contribution in [3.8, 4) is 56.9 Å². The van der Waals surface area contributed by atoms with Gasteiger partial charge in [-0.2, -0.15) is 0 Å². The molecule has 150 heavy (non-hydrogen) atoms. The van der Waals surface area contributed by atoms with Crippen molar-refractivity contribution in [2.75, 3.05) is 144 Å². The number of aromatic nitrogens is 15. The van der Waals surface area contributed by atoms with Crippen LogP contribution in [0.3, 0.4) is 0 Å². The second-order valence-corrected chi connectivity index (χ2v) is 44.3. The summed E-state index contributed by atoms with van der Waals surface area (Å²) in [5, 5.41) is 39.1. The minimum Gasteiger partial charge on any atom is -0.343 e. The van der Waals surface area contributed by atoms with Gasteiger partial charge in [0.2, 0.25) is 51.6 Å². The molecular weight excluding hydrogens is 2020 g/mol. The standard InChI is InChI=1S/C22H23N7O2S.C22H24N6OS.C20H21N7O3S2.C20H20N6O2S.C20H21N5OS/c1-13(30)25-15-3-2-4-16(11-15)26-22-24-12-14-5-6-17-19(18(14)28-22)27-20(32-17)21(31)29-9-7-23-8-10-29;1-13-9-14(2)11-16(10-13)25-22-24-12-15-3-4-17-19(18(15)27-22)26-20(30-17)21(29)28-7-5-23-6-8-28;21-32(29,30)14-3-1-2-13(10-14)24-20-23-11-12-4-5-15-17(16(12)26-20)25-18(31-15)19(28)27-8-6-22-7-9-27;1-11(27)22-13-5-4-6-14(9-13)23-20-21-10-12-7-8-15-17(16(12)25-20)24-18(29-15)19(28)26(2)3;1-11-7-12(2)9-14(8-11)22-20-21-10-13-5-6-15-17(16(13)24-20)23-18(27-15)19(26)25(3)4/h2-4,11-12,23H,5-10H2,1H3,(H,25,30)(H,24,26,28);9-12,23H,3-8H2,1-2H3,(H,24,25,27);1-3,10-11,22H,4-9H2,(H2,21,29,30)(H,23,24,26);4-6,9-10H,7-8H2,1-3H3,(H,22,27)(H,21,23,25);7-10H,5-6H2,1-4H3,(H,21,22,24). The van der Waals surface area contributed by atoms with Gasteiger partial charge in [0.25, 0.3) is 29.5 Å². The van der Waals surface area contributed by atoms with E-state index in [0.717, 1.165) is 243 Å². The van der Waals surface area contributed by atoms with Gasteiger partial charge in [-0.1, -0.05) is 30.3 Å². The van der Waals surface area contributed by atoms with Crippen molar-refractivity contribution in [3.05, 3.63) is 240 Å². The molecule has 770 valence electrons. The molecule has 12 N–H and O–H groups in total. The number of carbonyl (C=O) groups is 7. The van der Waals surface area contributed by atoms with Crippen LogP contribution >= 0.6 is 56.7 Å². The summed E-state index contributed by atoms with van der Waals surface area (Å²) in [6.45, 7) is 20.3. The molecule has 23 rings (SSSR count). The van der Waals surface area contributed by atoms with Crippen LogP contribution in [-0.4, -0.2) is 256 Å². The van der Waals surface area contributed by atoms with Crippen LogP contribution in [0, 0.1) is 27.7 Å². The molecular formula is C104H109N31O9S6. The van der Waals surface area contributed by atoms with Crippen molar-refractivity contribution in [1.82, 2.24) is 115 Å². The van der Waals surface area contributed by atoms with Crippen LogP contribution in [0.2, 0.25) is 0 Å². The summed E-state index contributed by atoms with van der Waals surface area (Å²) in [6.07, 6.45) is 17.5. The van der Waals surface area contributed by atoms with Crippen LogP contribution in [-0.2, 0) is 83.8 Å². The molecule has 3 saturated heterocycles. The van der Waals surface area contributed by atoms with E-state index < -0.39 is 10.0 Å². The molecule has 5 aromatic carbocycles. The quantitative estimate of drug-likeness (QED) is 0.0380. The number of thiazole rings is 5. The Morgan fingerprint density at radius 3 is 0.827 bits per heavy atom. The van der Waals surface area contributed by atoms with E-state index in [4.69, 9.17) is 30.1 Å². The van der Waals surface area contributed by atoms with Crippen molar-refractivity contribution in [3.63, 3.8) is 0 Å². The maximum atomic E-state index is 12.9. The number of aryl methyl sites for hydroxylation is 14. The number of fused-ring (bicyclic) bond motifs is 15. The predicted octanol–water partition coefficient (Wildman–Crippen LogP) is 13.5. The summed E-state index contributed by atoms with van der Waals surface area (Å²) in [5.41, 5.74) is 23.1. The summed E-state index contributed by atoms with van der Waals surface area (Å²) in [4.78, 5) is 169. The van der Waals surface area contributed by atoms with E-state index in [9.17, 15) is 42.0 Å². The van der Waals surface area contributed by atoms with Crippen LogP contribution in [0.4, 0.5) is 69.6 Å². The van der Waals surface area contributed by atoms with Gasteiger partial charge in [0.15, 0.2) is 25.0 Å². The molecule has 5 aliphatic carbocycles. The smallest absolute Gasteiger partial charge is 0.282 e. The predicted molar refractivity (Wildman–Crippen MR) is 583 cm³/mol. The van der Waals surface area contributed by atoms with Crippen molar-refractivity contribution in [2.24, 2.45) is 5.14 Å². The summed E-state index contributed by atoms with van der Waals surface area (Å²) in [7, 11) is 3.10. The minimum atomic E-state index is -3.82. The van der Waals surface area contributed by atoms with E-state index in [-0.39, 0.29) is 46.2 Å². The maximum Gasteiger partial charge on any atom is 0.282 e. The Bertz CT molecular complexity index is 7820. The Kier molecular flexibility index (Phi) is 31.3. The Morgan fingerprint density at radius 2 is 0.560 bits per heavy atom. The van der Waals surface area contributed by atoms with Crippen molar-refractivity contribution in [2.45, 2.75) is 111 Å². The van der Waals surface area contributed by atoms with E-state index in [2.05, 4.69) is 167 Å². The lowest BCUT2D eigenvalue weighted by Gasteiger charge is -2.26. The molecule has 0 radical (unpaired) electrons. The van der Waals surface area contributed by atoms with Gasteiger partial charge in [-0.15, -0.1) is 56.7 Å². The van der Waals surface area contributed by atoms with Gasteiger partial charge in [0, 0.05) is 216 Å². The number of benzene rings is 5. The molecule has 13 heterocycles. The lowest BCUT2D eigenvalue weighted by Crippen LogP contribution is -2.46. The molecule has 7 amide bonds. The number of carbonyl (C=O) groups excluding carboxylic acids is 7. The number of nitrogens with zero attached hydrogens (tertiary/aromatic N) is 20. The number of hydrogen-bond acceptors (Lipinski definition) is 37. The number of sulfonamides is 1. The van der Waals surface area contributed by atoms with Crippen LogP contribution in [0.1, 0.15) is 137 Å². The van der Waals surface area contributed by atoms with E-state index in [1.807, 2.05) is 81.8 Å². The zero-order valence-corrected chi connectivity index (χ0v) is 88.9. The van der Waals surface area contributed by atoms with Gasteiger partial charge in [-0.05, 0) is 221 Å². The SMILES string of the molecule is CC(=O)Nc1cccc(Nc2ncc3c(n2)-c2nc(C(=O)N(C)C)sc2CC3)c1.CC(=O)Nc1cccc(Nc2ncc3c(n2)-c2nc(C(=O)N4CCNCC4)sc2CC3)c1.Cc1cc(C)cc(Nc2ncc3c(n2)-c2nc(C(=O)N(C)C)sc2CC3)c1.Cc1cc(C)cc(Nc2ncc3c(n2)-c2nc(C(=O)N4CCNCC4)sc2CC3)c1.NS(=O)(=O)c1cccc(Nc2ncc3c(n2)-c2nc(C(=O)N4CCNCC4)sc2CC3)c1. The van der Waals surface area contributed by atoms with Gasteiger partial charge >= 0.3 is 0 Å². The fourth-order valence-corrected chi connectivity index (χ4v) is 24.0. The number of hydrogen-bond donors (Lipinski definition) is 11. The monoisotopic (exact) mass is 2130 g/mol. The molecule has 3 fully saturated rings. The normalized spacial score (nSPS) is 14.2. The fourth-order valence-electron chi connectivity index (χ4n) is 18.1. The summed E-state index contributed by atoms with van der Waals surface area (Å²) in [5.74, 6) is 1.83. The number of nitrogens with two attached hydrogens (primary N) is 1. The highest BCUT2D eigenvalue weighted by molar-refractivity contribution is 7.89. The molecule has 40 nitrogen and oxygen atoms in total. The van der Waals surface area contributed by atoms with Gasteiger partial charge in [0.1, 0.15) is 28.5 Å². The van der Waals surface area contributed by atoms with Crippen LogP contribution in [0.15, 0.2) is 145 Å². The number of anilines is 12. The van der Waals surface area contributed by atoms with Gasteiger partial charge < -0.3 is 77.7 Å². The van der Waals surface area contributed by atoms with Gasteiger partial charge in [-0.3, -0.25) is 33.6 Å². The third-order valence-corrected chi connectivity index (χ3v) is 31.7. The van der Waals surface area contributed by atoms with Gasteiger partial charge in [-0.25, -0.2) is 88.3 Å². The first-order chi connectivity index (χ1) is 72.3. The summed E-state index contributed by atoms with van der Waals surface area (Å²) in [6, 6.07) is 33.4. The zero-order chi connectivity index (χ0) is 105. The van der Waals surface area contributed by atoms with Crippen LogP contribution in [0.5, 0.6) is 0 Å². The lowest BCUT2D eigenvalue weighted by atomic mass is 10.00. The highest BCUT2D eigenvalue weighted by atomic mass is 32.2. The molecule has 0 bridgehead atoms. The van der Waals surface area contributed by atoms with Crippen LogP contribution in [0.25, 0.3) is 56.9 Å². The van der Waals surface area contributed by atoms with E-state index in [1.54, 1.807) is 57.6 Å². The summed E-state index contributed by atoms with van der Waals surface area (Å²) >= 11 is 7.31. The average molecular weight is 2130 g/mol. The average Bonchev–Trinajstić information content (AvgIpc) is 1.62. The zero-order valence-electron chi connectivity index (χ0n) is 84.0. The minimum absolute atomic E-state index is 0.00156. The Hall–Kier alpha value is -15.3. The number of nitrogens with one attached hydrogen (secondary N) is 10. The largest absolute Gasteiger partial charge is 0.343 e. The number of piperazine rings is 3. The van der Waals surface area contributed by atoms with Crippen LogP contribution < -0.4 is 58.3 Å². The Labute approximate surface area is 884 Å². The first-order valence-corrected chi connectivity index (χ1v) is 54.6. The van der Waals surface area contributed by atoms with E-state index >= 15 is 0 Å². The molecule has 0 atom stereocenters. The number of rotatable bonds is 18. The number of amides is 7. The van der Waals surface area contributed by atoms with E-state index in [1.165, 1.54) is 110 Å². The number of primary sulfonamides is 1. The second-order valence-electron chi connectivity index (χ2n) is 37.3. The molecule has 3 aliphatic heterocycles. The topological polar surface area (TPSA) is 509 Å². The van der Waals surface area contributed by atoms with E-state index in [0.29, 0.717) is 104 Å². The maximum absolute atomic E-state index is 12.9. The Morgan fingerprint density at radius 1 is 0.313 bits per heavy atom. The molecule has 10 aromatic heterocycles. The first kappa shape index (κ1) is 103. The molecule has 0 saturated carbocycles. The van der Waals surface area contributed by atoms with Crippen molar-refractivity contribution in [1.29, 1.82) is 0 Å². The lowest BCUT2D eigenvalue weighted by molar-refractivity contribution is -0.115.